The van der Waals surface area contributed by atoms with Crippen LogP contribution < -0.4 is 10.1 Å². The van der Waals surface area contributed by atoms with E-state index in [-0.39, 0.29) is 29.8 Å². The minimum absolute atomic E-state index is 0.0164. The van der Waals surface area contributed by atoms with Crippen molar-refractivity contribution in [1.29, 1.82) is 0 Å². The summed E-state index contributed by atoms with van der Waals surface area (Å²) >= 11 is 0. The molecule has 2 aromatic carbocycles. The smallest absolute Gasteiger partial charge is 0.408 e. The van der Waals surface area contributed by atoms with Crippen molar-refractivity contribution in [2.24, 2.45) is 0 Å². The molecule has 1 aromatic heterocycles. The number of aromatic nitrogens is 1. The van der Waals surface area contributed by atoms with E-state index in [9.17, 15) is 18.0 Å². The number of hydrogen-bond donors (Lipinski definition) is 1. The van der Waals surface area contributed by atoms with Crippen LogP contribution >= 0.6 is 0 Å². The molecule has 1 atom stereocenters. The number of nitrogens with one attached hydrogen (secondary N) is 1. The molecule has 0 bridgehead atoms. The van der Waals surface area contributed by atoms with Crippen LogP contribution in [0.5, 0.6) is 5.88 Å². The monoisotopic (exact) mass is 582 g/mol. The zero-order valence-electron chi connectivity index (χ0n) is 24.6. The molecule has 3 rings (SSSR count). The summed E-state index contributed by atoms with van der Waals surface area (Å²) < 4.78 is 41.3. The number of amides is 1. The third-order valence-electron chi connectivity index (χ3n) is 6.28. The van der Waals surface area contributed by atoms with Gasteiger partial charge in [-0.1, -0.05) is 48.9 Å². The van der Waals surface area contributed by atoms with Gasteiger partial charge in [0.15, 0.2) is 15.6 Å². The molecule has 9 nitrogen and oxygen atoms in total. The van der Waals surface area contributed by atoms with E-state index in [2.05, 4.69) is 10.3 Å². The number of carbonyl (C=O) groups excluding carboxylic acids is 2. The molecule has 0 aliphatic carbocycles. The Morgan fingerprint density at radius 2 is 1.68 bits per heavy atom. The molecule has 10 heteroatoms. The van der Waals surface area contributed by atoms with Gasteiger partial charge in [0.2, 0.25) is 5.88 Å². The highest BCUT2D eigenvalue weighted by Gasteiger charge is 2.26. The number of pyridine rings is 1. The lowest BCUT2D eigenvalue weighted by molar-refractivity contribution is 0.0467. The molecule has 0 saturated carbocycles. The zero-order valence-corrected chi connectivity index (χ0v) is 25.4. The van der Waals surface area contributed by atoms with Crippen molar-refractivity contribution in [1.82, 2.24) is 10.3 Å². The Morgan fingerprint density at radius 3 is 2.27 bits per heavy atom. The fraction of sp³-hybridized carbons (Fsp3) is 0.387. The maximum atomic E-state index is 13.8. The van der Waals surface area contributed by atoms with Crippen molar-refractivity contribution >= 4 is 21.7 Å². The van der Waals surface area contributed by atoms with E-state index in [4.69, 9.17) is 14.2 Å². The number of aryl methyl sites for hydroxylation is 1. The minimum atomic E-state index is -3.35. The van der Waals surface area contributed by atoms with E-state index in [0.29, 0.717) is 33.4 Å². The molecule has 0 saturated heterocycles. The standard InChI is InChI=1S/C31H38N2O7S/c1-8-41(36,37)19-21-11-14-23(29(34)22-12-9-20(2)10-13-22)24(15-21)26-17-32-28(39-7)16-25(26)27(18-38-6)33-30(35)40-31(3,4)5/h9-17,27H,8,18-19H2,1-7H3,(H,33,35). The van der Waals surface area contributed by atoms with Crippen molar-refractivity contribution in [3.8, 4) is 17.0 Å². The first-order valence-electron chi connectivity index (χ1n) is 13.2. The first-order chi connectivity index (χ1) is 19.3. The predicted octanol–water partition coefficient (Wildman–Crippen LogP) is 5.44. The van der Waals surface area contributed by atoms with Crippen molar-refractivity contribution in [3.63, 3.8) is 0 Å². The number of alkyl carbamates (subject to hydrolysis) is 1. The Bertz CT molecular complexity index is 1490. The Labute approximate surface area is 242 Å². The molecule has 220 valence electrons. The van der Waals surface area contributed by atoms with Gasteiger partial charge in [0, 0.05) is 41.8 Å². The van der Waals surface area contributed by atoms with Crippen LogP contribution in [0.1, 0.15) is 66.3 Å². The van der Waals surface area contributed by atoms with E-state index < -0.39 is 27.6 Å². The van der Waals surface area contributed by atoms with Crippen LogP contribution in [0.25, 0.3) is 11.1 Å². The Morgan fingerprint density at radius 1 is 1.00 bits per heavy atom. The number of ether oxygens (including phenoxy) is 3. The number of sulfone groups is 1. The van der Waals surface area contributed by atoms with Crippen LogP contribution in [0, 0.1) is 6.92 Å². The fourth-order valence-corrected chi connectivity index (χ4v) is 5.11. The summed E-state index contributed by atoms with van der Waals surface area (Å²) in [6.07, 6.45) is 0.896. The fourth-order valence-electron chi connectivity index (χ4n) is 4.22. The van der Waals surface area contributed by atoms with E-state index in [1.54, 1.807) is 70.3 Å². The second-order valence-corrected chi connectivity index (χ2v) is 13.1. The first kappa shape index (κ1) is 31.8. The number of carbonyl (C=O) groups is 2. The van der Waals surface area contributed by atoms with Crippen LogP contribution in [0.4, 0.5) is 4.79 Å². The van der Waals surface area contributed by atoms with Gasteiger partial charge >= 0.3 is 6.09 Å². The van der Waals surface area contributed by atoms with Crippen LogP contribution in [0.15, 0.2) is 54.7 Å². The molecular weight excluding hydrogens is 544 g/mol. The Kier molecular flexibility index (Phi) is 10.3. The van der Waals surface area contributed by atoms with E-state index in [0.717, 1.165) is 5.56 Å². The summed E-state index contributed by atoms with van der Waals surface area (Å²) in [6, 6.07) is 13.1. The van der Waals surface area contributed by atoms with Gasteiger partial charge in [0.1, 0.15) is 5.60 Å². The Balaban J connectivity index is 2.25. The molecule has 3 aromatic rings. The van der Waals surface area contributed by atoms with E-state index in [1.807, 2.05) is 19.1 Å². The highest BCUT2D eigenvalue weighted by atomic mass is 32.2. The maximum Gasteiger partial charge on any atom is 0.408 e. The van der Waals surface area contributed by atoms with Crippen molar-refractivity contribution < 1.29 is 32.2 Å². The average molecular weight is 583 g/mol. The number of nitrogens with zero attached hydrogens (tertiary/aromatic N) is 1. The lowest BCUT2D eigenvalue weighted by Gasteiger charge is -2.25. The molecule has 0 aliphatic heterocycles. The largest absolute Gasteiger partial charge is 0.481 e. The summed E-state index contributed by atoms with van der Waals surface area (Å²) in [4.78, 5) is 31.0. The van der Waals surface area contributed by atoms with E-state index in [1.165, 1.54) is 14.2 Å². The summed E-state index contributed by atoms with van der Waals surface area (Å²) in [7, 11) is -0.377. The van der Waals surface area contributed by atoms with E-state index >= 15 is 0 Å². The number of methoxy groups -OCH3 is 2. The third-order valence-corrected chi connectivity index (χ3v) is 7.93. The number of ketones is 1. The normalized spacial score (nSPS) is 12.5. The quantitative estimate of drug-likeness (QED) is 0.297. The second-order valence-electron chi connectivity index (χ2n) is 10.7. The van der Waals surface area contributed by atoms with Crippen molar-refractivity contribution in [2.75, 3.05) is 26.6 Å². The van der Waals surface area contributed by atoms with Gasteiger partial charge in [-0.3, -0.25) is 4.79 Å². The molecule has 41 heavy (non-hydrogen) atoms. The summed E-state index contributed by atoms with van der Waals surface area (Å²) in [5, 5.41) is 2.85. The van der Waals surface area contributed by atoms with Crippen LogP contribution in [-0.2, 0) is 25.1 Å². The van der Waals surface area contributed by atoms with Crippen molar-refractivity contribution in [2.45, 2.75) is 52.0 Å². The predicted molar refractivity (Wildman–Crippen MR) is 158 cm³/mol. The number of benzene rings is 2. The van der Waals surface area contributed by atoms with Crippen LogP contribution in [0.2, 0.25) is 0 Å². The first-order valence-corrected chi connectivity index (χ1v) is 15.1. The molecular formula is C31H38N2O7S. The number of hydrogen-bond acceptors (Lipinski definition) is 8. The number of rotatable bonds is 11. The highest BCUT2D eigenvalue weighted by Crippen LogP contribution is 2.35. The average Bonchev–Trinajstić information content (AvgIpc) is 2.91. The van der Waals surface area contributed by atoms with Gasteiger partial charge in [-0.15, -0.1) is 0 Å². The molecule has 1 amide bonds. The van der Waals surface area contributed by atoms with Crippen LogP contribution in [-0.4, -0.2) is 57.5 Å². The van der Waals surface area contributed by atoms with Gasteiger partial charge in [-0.25, -0.2) is 18.2 Å². The molecule has 0 aliphatic rings. The van der Waals surface area contributed by atoms with Gasteiger partial charge in [-0.2, -0.15) is 0 Å². The van der Waals surface area contributed by atoms with Crippen LogP contribution in [0.3, 0.4) is 0 Å². The molecule has 1 heterocycles. The topological polar surface area (TPSA) is 121 Å². The van der Waals surface area contributed by atoms with Gasteiger partial charge < -0.3 is 19.5 Å². The summed E-state index contributed by atoms with van der Waals surface area (Å²) in [5.41, 5.74) is 3.17. The second kappa shape index (κ2) is 13.3. The van der Waals surface area contributed by atoms with Gasteiger partial charge in [-0.05, 0) is 50.5 Å². The zero-order chi connectivity index (χ0) is 30.4. The summed E-state index contributed by atoms with van der Waals surface area (Å²) in [5.74, 6) is -0.161. The minimum Gasteiger partial charge on any atom is -0.481 e. The molecule has 1 unspecified atom stereocenters. The highest BCUT2D eigenvalue weighted by molar-refractivity contribution is 7.90. The molecule has 0 radical (unpaired) electrons. The maximum absolute atomic E-state index is 13.8. The third kappa shape index (κ3) is 8.61. The lowest BCUT2D eigenvalue weighted by Crippen LogP contribution is -2.36. The van der Waals surface area contributed by atoms with Gasteiger partial charge in [0.25, 0.3) is 0 Å². The molecule has 1 N–H and O–H groups in total. The lowest BCUT2D eigenvalue weighted by atomic mass is 9.89. The summed E-state index contributed by atoms with van der Waals surface area (Å²) in [6.45, 7) is 8.89. The Hall–Kier alpha value is -3.76. The van der Waals surface area contributed by atoms with Gasteiger partial charge in [0.05, 0.1) is 25.5 Å². The molecule has 0 fully saturated rings. The van der Waals surface area contributed by atoms with Crippen molar-refractivity contribution in [3.05, 3.63) is 82.5 Å². The molecule has 0 spiro atoms. The SMILES string of the molecule is CCS(=O)(=O)Cc1ccc(C(=O)c2ccc(C)cc2)c(-c2cnc(OC)cc2C(COC)NC(=O)OC(C)(C)C)c1.